The molecule has 0 aliphatic rings. The lowest BCUT2D eigenvalue weighted by molar-refractivity contribution is 0.476. The fraction of sp³-hybridized carbons (Fsp3) is 0.0625. The van der Waals surface area contributed by atoms with Crippen molar-refractivity contribution in [1.29, 1.82) is 0 Å². The van der Waals surface area contributed by atoms with E-state index in [1.54, 1.807) is 31.2 Å². The Kier molecular flexibility index (Phi) is 3.47. The predicted molar refractivity (Wildman–Crippen MR) is 83.6 cm³/mol. The fourth-order valence-electron chi connectivity index (χ4n) is 2.31. The Hall–Kier alpha value is -1.84. The Morgan fingerprint density at radius 1 is 1.00 bits per heavy atom. The molecule has 0 radical (unpaired) electrons. The smallest absolute Gasteiger partial charge is 0.139 e. The number of aromatic hydroxyl groups is 1. The SMILES string of the molecule is Cc1cc(-c2c(Cl)nc(Cl)c3cc(O)ccc23)ccc1F. The van der Waals surface area contributed by atoms with Crippen molar-refractivity contribution in [2.24, 2.45) is 0 Å². The van der Waals surface area contributed by atoms with Crippen LogP contribution in [0.1, 0.15) is 5.56 Å². The molecule has 2 aromatic carbocycles. The molecule has 0 fully saturated rings. The molecule has 0 atom stereocenters. The number of phenolic OH excluding ortho intramolecular Hbond substituents is 1. The van der Waals surface area contributed by atoms with Crippen LogP contribution in [0.3, 0.4) is 0 Å². The first-order valence-electron chi connectivity index (χ1n) is 6.21. The van der Waals surface area contributed by atoms with E-state index in [-0.39, 0.29) is 21.9 Å². The third-order valence-electron chi connectivity index (χ3n) is 3.34. The quantitative estimate of drug-likeness (QED) is 0.612. The standard InChI is InChI=1S/C16H10Cl2FNO/c1-8-6-9(2-5-13(8)19)14-11-4-3-10(21)7-12(11)15(17)20-16(14)18/h2-7,21H,1H3. The molecule has 0 bridgehead atoms. The molecule has 1 aromatic heterocycles. The number of pyridine rings is 1. The van der Waals surface area contributed by atoms with Gasteiger partial charge in [-0.1, -0.05) is 29.3 Å². The molecule has 1 heterocycles. The molecule has 0 saturated heterocycles. The Morgan fingerprint density at radius 3 is 2.48 bits per heavy atom. The van der Waals surface area contributed by atoms with Gasteiger partial charge in [-0.15, -0.1) is 0 Å². The number of benzene rings is 2. The van der Waals surface area contributed by atoms with E-state index < -0.39 is 0 Å². The van der Waals surface area contributed by atoms with Crippen molar-refractivity contribution in [3.8, 4) is 16.9 Å². The largest absolute Gasteiger partial charge is 0.508 e. The zero-order valence-corrected chi connectivity index (χ0v) is 12.5. The number of fused-ring (bicyclic) bond motifs is 1. The second kappa shape index (κ2) is 5.17. The van der Waals surface area contributed by atoms with Crippen LogP contribution >= 0.6 is 23.2 Å². The van der Waals surface area contributed by atoms with Gasteiger partial charge in [0.05, 0.1) is 0 Å². The number of halogens is 3. The summed E-state index contributed by atoms with van der Waals surface area (Å²) in [4.78, 5) is 4.10. The Bertz CT molecular complexity index is 865. The maximum atomic E-state index is 13.4. The van der Waals surface area contributed by atoms with Gasteiger partial charge in [0.2, 0.25) is 0 Å². The maximum absolute atomic E-state index is 13.4. The summed E-state index contributed by atoms with van der Waals surface area (Å²) in [6.45, 7) is 1.68. The van der Waals surface area contributed by atoms with Gasteiger partial charge in [-0.05, 0) is 53.8 Å². The topological polar surface area (TPSA) is 33.1 Å². The van der Waals surface area contributed by atoms with E-state index in [1.165, 1.54) is 12.1 Å². The maximum Gasteiger partial charge on any atom is 0.139 e. The summed E-state index contributed by atoms with van der Waals surface area (Å²) in [5, 5.41) is 11.4. The third kappa shape index (κ3) is 2.43. The molecule has 0 aliphatic carbocycles. The molecule has 0 amide bonds. The van der Waals surface area contributed by atoms with Crippen LogP contribution in [-0.2, 0) is 0 Å². The highest BCUT2D eigenvalue weighted by Crippen LogP contribution is 2.38. The molecule has 2 nitrogen and oxygen atoms in total. The van der Waals surface area contributed by atoms with Crippen molar-refractivity contribution in [2.75, 3.05) is 0 Å². The van der Waals surface area contributed by atoms with Crippen LogP contribution in [0.2, 0.25) is 10.3 Å². The first-order valence-corrected chi connectivity index (χ1v) is 6.97. The highest BCUT2D eigenvalue weighted by atomic mass is 35.5. The molecule has 106 valence electrons. The fourth-order valence-corrected chi connectivity index (χ4v) is 2.89. The monoisotopic (exact) mass is 321 g/mol. The van der Waals surface area contributed by atoms with E-state index in [9.17, 15) is 9.50 Å². The Morgan fingerprint density at radius 2 is 1.76 bits per heavy atom. The number of aryl methyl sites for hydroxylation is 1. The second-order valence-electron chi connectivity index (χ2n) is 4.76. The number of hydrogen-bond donors (Lipinski definition) is 1. The van der Waals surface area contributed by atoms with Gasteiger partial charge >= 0.3 is 0 Å². The number of aromatic nitrogens is 1. The van der Waals surface area contributed by atoms with Crippen molar-refractivity contribution in [2.45, 2.75) is 6.92 Å². The summed E-state index contributed by atoms with van der Waals surface area (Å²) in [6.07, 6.45) is 0. The summed E-state index contributed by atoms with van der Waals surface area (Å²) >= 11 is 12.3. The van der Waals surface area contributed by atoms with E-state index in [2.05, 4.69) is 4.98 Å². The van der Waals surface area contributed by atoms with Crippen LogP contribution in [0, 0.1) is 12.7 Å². The van der Waals surface area contributed by atoms with E-state index in [1.807, 2.05) is 0 Å². The predicted octanol–water partition coefficient (Wildman–Crippen LogP) is 5.36. The molecule has 0 saturated carbocycles. The number of hydrogen-bond acceptors (Lipinski definition) is 2. The zero-order chi connectivity index (χ0) is 15.1. The molecular formula is C16H10Cl2FNO. The van der Waals surface area contributed by atoms with Crippen LogP contribution in [-0.4, -0.2) is 10.1 Å². The summed E-state index contributed by atoms with van der Waals surface area (Å²) < 4.78 is 13.4. The number of nitrogens with zero attached hydrogens (tertiary/aromatic N) is 1. The van der Waals surface area contributed by atoms with E-state index in [0.29, 0.717) is 16.5 Å². The van der Waals surface area contributed by atoms with Crippen molar-refractivity contribution in [1.82, 2.24) is 4.98 Å². The van der Waals surface area contributed by atoms with Gasteiger partial charge in [0, 0.05) is 10.9 Å². The highest BCUT2D eigenvalue weighted by molar-refractivity contribution is 6.38. The molecule has 21 heavy (non-hydrogen) atoms. The normalized spacial score (nSPS) is 11.0. The molecule has 1 N–H and O–H groups in total. The average molecular weight is 322 g/mol. The number of rotatable bonds is 1. The van der Waals surface area contributed by atoms with Gasteiger partial charge in [-0.2, -0.15) is 0 Å². The summed E-state index contributed by atoms with van der Waals surface area (Å²) in [5.74, 6) is -0.187. The molecule has 5 heteroatoms. The lowest BCUT2D eigenvalue weighted by atomic mass is 9.99. The minimum absolute atomic E-state index is 0.0924. The summed E-state index contributed by atoms with van der Waals surface area (Å²) in [5.41, 5.74) is 1.93. The molecular weight excluding hydrogens is 312 g/mol. The Labute approximate surface area is 130 Å². The van der Waals surface area contributed by atoms with Crippen LogP contribution in [0.25, 0.3) is 21.9 Å². The van der Waals surface area contributed by atoms with Crippen molar-refractivity contribution >= 4 is 34.0 Å². The molecule has 3 aromatic rings. The lowest BCUT2D eigenvalue weighted by Gasteiger charge is -2.11. The highest BCUT2D eigenvalue weighted by Gasteiger charge is 2.14. The summed E-state index contributed by atoms with van der Waals surface area (Å²) in [7, 11) is 0. The minimum atomic E-state index is -0.279. The average Bonchev–Trinajstić information content (AvgIpc) is 2.43. The Balaban J connectivity index is 2.38. The van der Waals surface area contributed by atoms with Crippen molar-refractivity contribution < 1.29 is 9.50 Å². The van der Waals surface area contributed by atoms with Gasteiger partial charge in [-0.3, -0.25) is 0 Å². The third-order valence-corrected chi connectivity index (χ3v) is 3.91. The van der Waals surface area contributed by atoms with Gasteiger partial charge in [0.1, 0.15) is 21.9 Å². The summed E-state index contributed by atoms with van der Waals surface area (Å²) in [6, 6.07) is 9.54. The second-order valence-corrected chi connectivity index (χ2v) is 5.48. The van der Waals surface area contributed by atoms with E-state index >= 15 is 0 Å². The zero-order valence-electron chi connectivity index (χ0n) is 11.0. The first-order chi connectivity index (χ1) is 9.97. The molecule has 0 unspecified atom stereocenters. The molecule has 0 aliphatic heterocycles. The molecule has 3 rings (SSSR count). The number of phenols is 1. The minimum Gasteiger partial charge on any atom is -0.508 e. The first kappa shape index (κ1) is 14.1. The van der Waals surface area contributed by atoms with Gasteiger partial charge in [0.15, 0.2) is 0 Å². The van der Waals surface area contributed by atoms with E-state index in [0.717, 1.165) is 10.9 Å². The van der Waals surface area contributed by atoms with Gasteiger partial charge in [0.25, 0.3) is 0 Å². The molecule has 0 spiro atoms. The van der Waals surface area contributed by atoms with Crippen LogP contribution in [0.4, 0.5) is 4.39 Å². The lowest BCUT2D eigenvalue weighted by Crippen LogP contribution is -1.91. The van der Waals surface area contributed by atoms with E-state index in [4.69, 9.17) is 23.2 Å². The van der Waals surface area contributed by atoms with Crippen molar-refractivity contribution in [3.63, 3.8) is 0 Å². The van der Waals surface area contributed by atoms with Gasteiger partial charge in [-0.25, -0.2) is 9.37 Å². The van der Waals surface area contributed by atoms with Crippen LogP contribution in [0.5, 0.6) is 5.75 Å². The van der Waals surface area contributed by atoms with Gasteiger partial charge < -0.3 is 5.11 Å². The van der Waals surface area contributed by atoms with Crippen LogP contribution < -0.4 is 0 Å². The van der Waals surface area contributed by atoms with Crippen molar-refractivity contribution in [3.05, 3.63) is 58.1 Å². The van der Waals surface area contributed by atoms with Crippen LogP contribution in [0.15, 0.2) is 36.4 Å².